The highest BCUT2D eigenvalue weighted by Gasteiger charge is 2.31. The van der Waals surface area contributed by atoms with Crippen molar-refractivity contribution in [2.75, 3.05) is 14.2 Å². The van der Waals surface area contributed by atoms with Gasteiger partial charge in [-0.1, -0.05) is 24.3 Å². The van der Waals surface area contributed by atoms with Crippen LogP contribution >= 0.6 is 0 Å². The molecular formula is C27H22F3N3O6. The number of methoxy groups -OCH3 is 2. The lowest BCUT2D eigenvalue weighted by Gasteiger charge is -2.17. The van der Waals surface area contributed by atoms with E-state index in [2.05, 4.69) is 10.1 Å². The average Bonchev–Trinajstić information content (AvgIpc) is 2.92. The highest BCUT2D eigenvalue weighted by Crippen LogP contribution is 2.39. The standard InChI is InChI=1S/C27H22F3N3O6/c1-15(26(35)36)39-23-21(37-2)11-16(12-22(23)38-3)14-31-33-24(17-7-6-8-18(13-17)27(28,29)30)32-20-10-5-4-9-19(20)25(33)34/h4-15H,1-3H3,(H,35,36)/t15-/m1/s1. The maximum Gasteiger partial charge on any atom is 0.416 e. The highest BCUT2D eigenvalue weighted by molar-refractivity contribution is 5.84. The zero-order valence-corrected chi connectivity index (χ0v) is 20.9. The van der Waals surface area contributed by atoms with E-state index in [0.29, 0.717) is 11.1 Å². The zero-order chi connectivity index (χ0) is 28.3. The summed E-state index contributed by atoms with van der Waals surface area (Å²) in [5.74, 6) is -0.997. The number of hydrogen-bond donors (Lipinski definition) is 1. The van der Waals surface area contributed by atoms with Crippen LogP contribution in [0.4, 0.5) is 13.2 Å². The molecular weight excluding hydrogens is 519 g/mol. The first-order valence-electron chi connectivity index (χ1n) is 11.4. The molecule has 0 aliphatic carbocycles. The fourth-order valence-electron chi connectivity index (χ4n) is 3.69. The fraction of sp³-hybridized carbons (Fsp3) is 0.185. The zero-order valence-electron chi connectivity index (χ0n) is 20.9. The number of rotatable bonds is 8. The Labute approximate surface area is 219 Å². The largest absolute Gasteiger partial charge is 0.493 e. The molecule has 0 saturated carbocycles. The third kappa shape index (κ3) is 5.69. The van der Waals surface area contributed by atoms with Crippen LogP contribution < -0.4 is 19.8 Å². The molecule has 3 aromatic carbocycles. The molecule has 0 radical (unpaired) electrons. The maximum atomic E-state index is 13.4. The predicted molar refractivity (Wildman–Crippen MR) is 137 cm³/mol. The van der Waals surface area contributed by atoms with Crippen LogP contribution in [0.15, 0.2) is 70.6 Å². The number of halogens is 3. The lowest BCUT2D eigenvalue weighted by molar-refractivity contribution is -0.144. The summed E-state index contributed by atoms with van der Waals surface area (Å²) in [7, 11) is 2.69. The van der Waals surface area contributed by atoms with Crippen LogP contribution in [0.3, 0.4) is 0 Å². The van der Waals surface area contributed by atoms with Gasteiger partial charge in [0.15, 0.2) is 23.4 Å². The molecule has 4 rings (SSSR count). The number of aromatic nitrogens is 2. The molecule has 0 amide bonds. The van der Waals surface area contributed by atoms with Gasteiger partial charge < -0.3 is 19.3 Å². The summed E-state index contributed by atoms with van der Waals surface area (Å²) in [6, 6.07) is 13.8. The van der Waals surface area contributed by atoms with E-state index in [4.69, 9.17) is 14.2 Å². The lowest BCUT2D eigenvalue weighted by atomic mass is 10.1. The number of benzene rings is 3. The third-order valence-corrected chi connectivity index (χ3v) is 5.65. The SMILES string of the molecule is COc1cc(C=Nn2c(-c3cccc(C(F)(F)F)c3)nc3ccccc3c2=O)cc(OC)c1O[C@H](C)C(=O)O. The van der Waals surface area contributed by atoms with E-state index in [1.165, 1.54) is 57.7 Å². The van der Waals surface area contributed by atoms with Gasteiger partial charge in [0.05, 0.1) is 36.9 Å². The van der Waals surface area contributed by atoms with E-state index >= 15 is 0 Å². The van der Waals surface area contributed by atoms with Crippen molar-refractivity contribution < 1.29 is 37.3 Å². The molecule has 1 heterocycles. The molecule has 1 aromatic heterocycles. The van der Waals surface area contributed by atoms with Crippen molar-refractivity contribution in [3.8, 4) is 28.6 Å². The van der Waals surface area contributed by atoms with Crippen LogP contribution in [0.5, 0.6) is 17.2 Å². The molecule has 9 nitrogen and oxygen atoms in total. The first-order valence-corrected chi connectivity index (χ1v) is 11.4. The summed E-state index contributed by atoms with van der Waals surface area (Å²) in [5, 5.41) is 13.7. The summed E-state index contributed by atoms with van der Waals surface area (Å²) in [6.07, 6.45) is -4.54. The van der Waals surface area contributed by atoms with Crippen molar-refractivity contribution in [1.82, 2.24) is 9.66 Å². The van der Waals surface area contributed by atoms with Gasteiger partial charge in [0.2, 0.25) is 5.75 Å². The van der Waals surface area contributed by atoms with Gasteiger partial charge in [0.25, 0.3) is 5.56 Å². The second kappa shape index (κ2) is 10.9. The van der Waals surface area contributed by atoms with Crippen LogP contribution in [-0.2, 0) is 11.0 Å². The lowest BCUT2D eigenvalue weighted by Crippen LogP contribution is -2.23. The van der Waals surface area contributed by atoms with E-state index in [-0.39, 0.29) is 34.0 Å². The molecule has 12 heteroatoms. The molecule has 0 aliphatic rings. The number of nitrogens with zero attached hydrogens (tertiary/aromatic N) is 3. The van der Waals surface area contributed by atoms with Gasteiger partial charge in [-0.25, -0.2) is 9.78 Å². The van der Waals surface area contributed by atoms with Crippen LogP contribution in [0.1, 0.15) is 18.1 Å². The molecule has 0 aliphatic heterocycles. The average molecular weight is 541 g/mol. The number of para-hydroxylation sites is 1. The van der Waals surface area contributed by atoms with E-state index in [0.717, 1.165) is 16.8 Å². The summed E-state index contributed by atoms with van der Waals surface area (Å²) >= 11 is 0. The second-order valence-corrected chi connectivity index (χ2v) is 8.25. The third-order valence-electron chi connectivity index (χ3n) is 5.65. The minimum absolute atomic E-state index is 0.0337. The number of carboxylic acid groups (broad SMARTS) is 1. The Bertz CT molecular complexity index is 1610. The Morgan fingerprint density at radius 2 is 1.72 bits per heavy atom. The van der Waals surface area contributed by atoms with Crippen molar-refractivity contribution in [3.05, 3.63) is 82.1 Å². The summed E-state index contributed by atoms with van der Waals surface area (Å²) in [5.41, 5.74) is -0.823. The van der Waals surface area contributed by atoms with Crippen LogP contribution in [-0.4, -0.2) is 47.3 Å². The Kier molecular flexibility index (Phi) is 7.56. The molecule has 0 fully saturated rings. The number of fused-ring (bicyclic) bond motifs is 1. The summed E-state index contributed by atoms with van der Waals surface area (Å²) in [4.78, 5) is 29.1. The van der Waals surface area contributed by atoms with Crippen molar-refractivity contribution in [1.29, 1.82) is 0 Å². The number of hydrogen-bond acceptors (Lipinski definition) is 7. The van der Waals surface area contributed by atoms with Crippen LogP contribution in [0.25, 0.3) is 22.3 Å². The van der Waals surface area contributed by atoms with Crippen molar-refractivity contribution in [2.45, 2.75) is 19.2 Å². The van der Waals surface area contributed by atoms with E-state index in [9.17, 15) is 27.9 Å². The maximum absolute atomic E-state index is 13.4. The van der Waals surface area contributed by atoms with Crippen LogP contribution in [0.2, 0.25) is 0 Å². The van der Waals surface area contributed by atoms with Crippen molar-refractivity contribution >= 4 is 23.1 Å². The van der Waals surface area contributed by atoms with Crippen molar-refractivity contribution in [2.24, 2.45) is 5.10 Å². The molecule has 202 valence electrons. The summed E-state index contributed by atoms with van der Waals surface area (Å²) in [6.45, 7) is 1.34. The van der Waals surface area contributed by atoms with Gasteiger partial charge in [-0.15, -0.1) is 0 Å². The number of alkyl halides is 3. The Hall–Kier alpha value is -4.87. The molecule has 0 spiro atoms. The first kappa shape index (κ1) is 27.2. The molecule has 39 heavy (non-hydrogen) atoms. The van der Waals surface area contributed by atoms with Crippen molar-refractivity contribution in [3.63, 3.8) is 0 Å². The monoisotopic (exact) mass is 541 g/mol. The van der Waals surface area contributed by atoms with Gasteiger partial charge in [-0.05, 0) is 43.3 Å². The minimum Gasteiger partial charge on any atom is -0.493 e. The van der Waals surface area contributed by atoms with Gasteiger partial charge in [0, 0.05) is 11.1 Å². The Morgan fingerprint density at radius 1 is 1.05 bits per heavy atom. The Morgan fingerprint density at radius 3 is 2.33 bits per heavy atom. The molecule has 4 aromatic rings. The molecule has 1 atom stereocenters. The van der Waals surface area contributed by atoms with Gasteiger partial charge in [-0.2, -0.15) is 22.9 Å². The van der Waals surface area contributed by atoms with Gasteiger partial charge in [-0.3, -0.25) is 4.79 Å². The molecule has 0 unspecified atom stereocenters. The molecule has 0 bridgehead atoms. The minimum atomic E-state index is -4.60. The topological polar surface area (TPSA) is 112 Å². The molecule has 1 N–H and O–H groups in total. The second-order valence-electron chi connectivity index (χ2n) is 8.25. The van der Waals surface area contributed by atoms with Gasteiger partial charge >= 0.3 is 12.1 Å². The Balaban J connectivity index is 1.87. The molecule has 0 saturated heterocycles. The number of carboxylic acids is 1. The quantitative estimate of drug-likeness (QED) is 0.318. The normalized spacial score (nSPS) is 12.5. The smallest absolute Gasteiger partial charge is 0.416 e. The predicted octanol–water partition coefficient (Wildman–Crippen LogP) is 4.83. The number of ether oxygens (including phenoxy) is 3. The van der Waals surface area contributed by atoms with Crippen LogP contribution in [0, 0.1) is 0 Å². The van der Waals surface area contributed by atoms with E-state index in [1.54, 1.807) is 18.2 Å². The van der Waals surface area contributed by atoms with E-state index in [1.807, 2.05) is 0 Å². The first-order chi connectivity index (χ1) is 18.5. The van der Waals surface area contributed by atoms with Gasteiger partial charge in [0.1, 0.15) is 0 Å². The van der Waals surface area contributed by atoms with E-state index < -0.39 is 29.4 Å². The number of carbonyl (C=O) groups is 1. The fourth-order valence-corrected chi connectivity index (χ4v) is 3.69. The number of aliphatic carboxylic acids is 1. The highest BCUT2D eigenvalue weighted by atomic mass is 19.4. The summed E-state index contributed by atoms with van der Waals surface area (Å²) < 4.78 is 57.2.